The van der Waals surface area contributed by atoms with E-state index in [1.54, 1.807) is 0 Å². The SMILES string of the molecule is CS(=O)(=O)CCOc1ccc(S(N)(=O)=O)cc1Cl. The third kappa shape index (κ3) is 4.81. The fourth-order valence-electron chi connectivity index (χ4n) is 1.08. The van der Waals surface area contributed by atoms with Crippen LogP contribution in [0.4, 0.5) is 0 Å². The quantitative estimate of drug-likeness (QED) is 0.848. The molecule has 1 rings (SSSR count). The van der Waals surface area contributed by atoms with Gasteiger partial charge in [-0.1, -0.05) is 11.6 Å². The highest BCUT2D eigenvalue weighted by atomic mass is 35.5. The molecule has 2 N–H and O–H groups in total. The lowest BCUT2D eigenvalue weighted by Gasteiger charge is -2.08. The zero-order valence-electron chi connectivity index (χ0n) is 9.46. The molecule has 0 aliphatic carbocycles. The molecule has 0 saturated carbocycles. The lowest BCUT2D eigenvalue weighted by atomic mass is 10.3. The Morgan fingerprint density at radius 2 is 1.89 bits per heavy atom. The molecular formula is C9H12ClNO5S2. The van der Waals surface area contributed by atoms with Crippen molar-refractivity contribution >= 4 is 31.5 Å². The molecule has 0 aliphatic rings. The van der Waals surface area contributed by atoms with Gasteiger partial charge in [0.15, 0.2) is 9.84 Å². The maximum atomic E-state index is 11.0. The molecule has 0 spiro atoms. The first kappa shape index (κ1) is 15.2. The monoisotopic (exact) mass is 313 g/mol. The van der Waals surface area contributed by atoms with E-state index < -0.39 is 19.9 Å². The first-order chi connectivity index (χ1) is 8.09. The number of halogens is 1. The minimum atomic E-state index is -3.82. The summed E-state index contributed by atoms with van der Waals surface area (Å²) in [5.41, 5.74) is 0. The molecule has 0 amide bonds. The van der Waals surface area contributed by atoms with Gasteiger partial charge in [-0.2, -0.15) is 0 Å². The van der Waals surface area contributed by atoms with Crippen LogP contribution < -0.4 is 9.88 Å². The van der Waals surface area contributed by atoms with Crippen molar-refractivity contribution in [3.63, 3.8) is 0 Å². The fourth-order valence-corrected chi connectivity index (χ4v) is 2.30. The second-order valence-corrected chi connectivity index (χ2v) is 7.84. The van der Waals surface area contributed by atoms with Crippen LogP contribution in [0.5, 0.6) is 5.75 Å². The Morgan fingerprint density at radius 1 is 1.28 bits per heavy atom. The van der Waals surface area contributed by atoms with Crippen molar-refractivity contribution in [2.45, 2.75) is 4.90 Å². The van der Waals surface area contributed by atoms with E-state index in [-0.39, 0.29) is 28.0 Å². The molecule has 9 heteroatoms. The van der Waals surface area contributed by atoms with Gasteiger partial charge in [-0.15, -0.1) is 0 Å². The van der Waals surface area contributed by atoms with Crippen LogP contribution in [-0.2, 0) is 19.9 Å². The molecule has 0 fully saturated rings. The number of benzene rings is 1. The Labute approximate surface area is 111 Å². The van der Waals surface area contributed by atoms with Gasteiger partial charge in [-0.05, 0) is 18.2 Å². The summed E-state index contributed by atoms with van der Waals surface area (Å²) in [5, 5.41) is 4.98. The normalized spacial score (nSPS) is 12.4. The predicted octanol–water partition coefficient (Wildman–Crippen LogP) is 0.411. The van der Waals surface area contributed by atoms with Gasteiger partial charge in [0.25, 0.3) is 0 Å². The number of sulfone groups is 1. The molecule has 6 nitrogen and oxygen atoms in total. The van der Waals surface area contributed by atoms with Crippen molar-refractivity contribution in [1.82, 2.24) is 0 Å². The Morgan fingerprint density at radius 3 is 2.33 bits per heavy atom. The summed E-state index contributed by atoms with van der Waals surface area (Å²) < 4.78 is 49.0. The molecule has 0 atom stereocenters. The van der Waals surface area contributed by atoms with Crippen molar-refractivity contribution in [1.29, 1.82) is 0 Å². The van der Waals surface area contributed by atoms with E-state index in [2.05, 4.69) is 0 Å². The Bertz CT molecular complexity index is 639. The minimum absolute atomic E-state index is 0.0510. The molecular weight excluding hydrogens is 302 g/mol. The number of sulfonamides is 1. The molecule has 0 unspecified atom stereocenters. The van der Waals surface area contributed by atoms with Crippen molar-refractivity contribution in [2.24, 2.45) is 5.14 Å². The van der Waals surface area contributed by atoms with E-state index in [0.29, 0.717) is 0 Å². The number of rotatable bonds is 5. The summed E-state index contributed by atoms with van der Waals surface area (Å²) in [6.45, 7) is -0.0622. The van der Waals surface area contributed by atoms with Crippen molar-refractivity contribution in [3.8, 4) is 5.75 Å². The van der Waals surface area contributed by atoms with Crippen LogP contribution in [0, 0.1) is 0 Å². The highest BCUT2D eigenvalue weighted by molar-refractivity contribution is 7.90. The highest BCUT2D eigenvalue weighted by Gasteiger charge is 2.11. The van der Waals surface area contributed by atoms with Crippen LogP contribution in [0.15, 0.2) is 23.1 Å². The first-order valence-electron chi connectivity index (χ1n) is 4.72. The predicted molar refractivity (Wildman–Crippen MR) is 68.0 cm³/mol. The van der Waals surface area contributed by atoms with Gasteiger partial charge in [-0.3, -0.25) is 0 Å². The van der Waals surface area contributed by atoms with Crippen LogP contribution in [0.25, 0.3) is 0 Å². The largest absolute Gasteiger partial charge is 0.491 e. The summed E-state index contributed by atoms with van der Waals surface area (Å²) >= 11 is 5.79. The van der Waals surface area contributed by atoms with E-state index in [1.807, 2.05) is 0 Å². The molecule has 0 heterocycles. The van der Waals surface area contributed by atoms with Gasteiger partial charge >= 0.3 is 0 Å². The van der Waals surface area contributed by atoms with Gasteiger partial charge < -0.3 is 4.74 Å². The standard InChI is InChI=1S/C9H12ClNO5S2/c1-17(12,13)5-4-16-9-3-2-7(6-8(9)10)18(11,14)15/h2-3,6H,4-5H2,1H3,(H2,11,14,15). The third-order valence-electron chi connectivity index (χ3n) is 1.94. The number of primary sulfonamides is 1. The second-order valence-electron chi connectivity index (χ2n) is 3.62. The molecule has 18 heavy (non-hydrogen) atoms. The van der Waals surface area contributed by atoms with E-state index in [1.165, 1.54) is 12.1 Å². The fraction of sp³-hybridized carbons (Fsp3) is 0.333. The summed E-state index contributed by atoms with van der Waals surface area (Å²) in [7, 11) is -6.94. The summed E-state index contributed by atoms with van der Waals surface area (Å²) in [6, 6.07) is 3.70. The van der Waals surface area contributed by atoms with Crippen molar-refractivity contribution < 1.29 is 21.6 Å². The molecule has 0 aromatic heterocycles. The van der Waals surface area contributed by atoms with Crippen LogP contribution in [0.2, 0.25) is 5.02 Å². The summed E-state index contributed by atoms with van der Waals surface area (Å²) in [4.78, 5) is -0.136. The summed E-state index contributed by atoms with van der Waals surface area (Å²) in [5.74, 6) is 0.0491. The van der Waals surface area contributed by atoms with Gasteiger partial charge in [0.1, 0.15) is 12.4 Å². The Hall–Kier alpha value is -0.830. The first-order valence-corrected chi connectivity index (χ1v) is 8.71. The molecule has 1 aromatic rings. The van der Waals surface area contributed by atoms with Crippen LogP contribution in [0.3, 0.4) is 0 Å². The lowest BCUT2D eigenvalue weighted by molar-refractivity contribution is 0.341. The smallest absolute Gasteiger partial charge is 0.238 e. The van der Waals surface area contributed by atoms with Crippen LogP contribution >= 0.6 is 11.6 Å². The number of ether oxygens (including phenoxy) is 1. The Kier molecular flexibility index (Phi) is 4.60. The third-order valence-corrected chi connectivity index (χ3v) is 4.06. The highest BCUT2D eigenvalue weighted by Crippen LogP contribution is 2.26. The number of hydrogen-bond donors (Lipinski definition) is 1. The van der Waals surface area contributed by atoms with E-state index in [0.717, 1.165) is 12.3 Å². The van der Waals surface area contributed by atoms with E-state index in [4.69, 9.17) is 21.5 Å². The number of nitrogens with two attached hydrogens (primary N) is 1. The average molecular weight is 314 g/mol. The molecule has 102 valence electrons. The van der Waals surface area contributed by atoms with Gasteiger partial charge in [-0.25, -0.2) is 22.0 Å². The van der Waals surface area contributed by atoms with E-state index in [9.17, 15) is 16.8 Å². The van der Waals surface area contributed by atoms with Crippen LogP contribution in [-0.4, -0.2) is 35.5 Å². The molecule has 0 aliphatic heterocycles. The maximum absolute atomic E-state index is 11.0. The van der Waals surface area contributed by atoms with Gasteiger partial charge in [0.2, 0.25) is 10.0 Å². The van der Waals surface area contributed by atoms with Crippen molar-refractivity contribution in [3.05, 3.63) is 23.2 Å². The topological polar surface area (TPSA) is 104 Å². The van der Waals surface area contributed by atoms with Crippen molar-refractivity contribution in [2.75, 3.05) is 18.6 Å². The summed E-state index contributed by atoms with van der Waals surface area (Å²) in [6.07, 6.45) is 1.09. The van der Waals surface area contributed by atoms with E-state index >= 15 is 0 Å². The molecule has 0 saturated heterocycles. The van der Waals surface area contributed by atoms with Gasteiger partial charge in [0, 0.05) is 6.26 Å². The zero-order chi connectivity index (χ0) is 14.0. The average Bonchev–Trinajstić information content (AvgIpc) is 2.17. The van der Waals surface area contributed by atoms with Gasteiger partial charge in [0.05, 0.1) is 15.7 Å². The Balaban J connectivity index is 2.81. The molecule has 0 bridgehead atoms. The molecule has 0 radical (unpaired) electrons. The zero-order valence-corrected chi connectivity index (χ0v) is 11.8. The second kappa shape index (κ2) is 5.43. The lowest BCUT2D eigenvalue weighted by Crippen LogP contribution is -2.13. The number of hydrogen-bond acceptors (Lipinski definition) is 5. The minimum Gasteiger partial charge on any atom is -0.491 e. The molecule has 1 aromatic carbocycles. The maximum Gasteiger partial charge on any atom is 0.238 e. The van der Waals surface area contributed by atoms with Crippen LogP contribution in [0.1, 0.15) is 0 Å².